The molecule has 90 valence electrons. The summed E-state index contributed by atoms with van der Waals surface area (Å²) in [7, 11) is 0. The van der Waals surface area contributed by atoms with E-state index >= 15 is 0 Å². The van der Waals surface area contributed by atoms with E-state index in [0.717, 1.165) is 25.2 Å². The molecule has 1 heterocycles. The average molecular weight is 223 g/mol. The van der Waals surface area contributed by atoms with Gasteiger partial charge in [0.15, 0.2) is 0 Å². The molecule has 1 rings (SSSR count). The predicted octanol–water partition coefficient (Wildman–Crippen LogP) is 2.65. The van der Waals surface area contributed by atoms with Crippen LogP contribution in [-0.4, -0.2) is 29.1 Å². The molecule has 1 aliphatic rings. The number of hydrogen-bond acceptors (Lipinski definition) is 2. The Morgan fingerprint density at radius 1 is 1.44 bits per heavy atom. The lowest BCUT2D eigenvalue weighted by Crippen LogP contribution is -2.21. The van der Waals surface area contributed by atoms with E-state index < -0.39 is 5.97 Å². The van der Waals surface area contributed by atoms with E-state index in [-0.39, 0.29) is 0 Å². The molecule has 0 aliphatic carbocycles. The number of likely N-dealkylation sites (tertiary alicyclic amines) is 1. The number of allylic oxidation sites excluding steroid dienone is 3. The van der Waals surface area contributed by atoms with Gasteiger partial charge in [0.1, 0.15) is 0 Å². The van der Waals surface area contributed by atoms with Gasteiger partial charge in [-0.25, -0.2) is 4.79 Å². The molecule has 0 aromatic carbocycles. The molecule has 0 aromatic rings. The third kappa shape index (κ3) is 4.09. The summed E-state index contributed by atoms with van der Waals surface area (Å²) < 4.78 is 0. The SMILES string of the molecule is CC=CC(C)CC(=CC(=O)O)N1CCCC1. The zero-order chi connectivity index (χ0) is 12.0. The lowest BCUT2D eigenvalue weighted by molar-refractivity contribution is -0.131. The van der Waals surface area contributed by atoms with Crippen LogP contribution >= 0.6 is 0 Å². The molecule has 0 radical (unpaired) electrons. The summed E-state index contributed by atoms with van der Waals surface area (Å²) >= 11 is 0. The quantitative estimate of drug-likeness (QED) is 0.575. The van der Waals surface area contributed by atoms with E-state index in [0.29, 0.717) is 5.92 Å². The maximum absolute atomic E-state index is 10.8. The van der Waals surface area contributed by atoms with Gasteiger partial charge in [-0.2, -0.15) is 0 Å². The first-order chi connectivity index (χ1) is 7.63. The number of carboxylic acids is 1. The molecule has 1 fully saturated rings. The minimum absolute atomic E-state index is 0.399. The first-order valence-electron chi connectivity index (χ1n) is 5.94. The number of carboxylic acid groups (broad SMARTS) is 1. The summed E-state index contributed by atoms with van der Waals surface area (Å²) in [5.74, 6) is -0.439. The van der Waals surface area contributed by atoms with Crippen molar-refractivity contribution in [3.63, 3.8) is 0 Å². The van der Waals surface area contributed by atoms with Crippen LogP contribution in [0.3, 0.4) is 0 Å². The monoisotopic (exact) mass is 223 g/mol. The average Bonchev–Trinajstić information content (AvgIpc) is 2.68. The van der Waals surface area contributed by atoms with Crippen molar-refractivity contribution in [1.82, 2.24) is 4.90 Å². The van der Waals surface area contributed by atoms with Crippen molar-refractivity contribution in [3.8, 4) is 0 Å². The standard InChI is InChI=1S/C13H21NO2/c1-3-6-11(2)9-12(10-13(15)16)14-7-4-5-8-14/h3,6,10-11H,4-5,7-9H2,1-2H3,(H,15,16). The molecule has 0 saturated carbocycles. The summed E-state index contributed by atoms with van der Waals surface area (Å²) in [4.78, 5) is 13.0. The zero-order valence-electron chi connectivity index (χ0n) is 10.1. The Balaban J connectivity index is 2.67. The van der Waals surface area contributed by atoms with Crippen molar-refractivity contribution in [2.75, 3.05) is 13.1 Å². The van der Waals surface area contributed by atoms with Crippen molar-refractivity contribution in [1.29, 1.82) is 0 Å². The molecule has 0 amide bonds. The number of rotatable bonds is 5. The van der Waals surface area contributed by atoms with Crippen molar-refractivity contribution < 1.29 is 9.90 Å². The Morgan fingerprint density at radius 3 is 2.56 bits per heavy atom. The van der Waals surface area contributed by atoms with Crippen LogP contribution in [0, 0.1) is 5.92 Å². The molecule has 3 nitrogen and oxygen atoms in total. The van der Waals surface area contributed by atoms with Crippen molar-refractivity contribution in [2.24, 2.45) is 5.92 Å². The van der Waals surface area contributed by atoms with Gasteiger partial charge in [0.2, 0.25) is 0 Å². The van der Waals surface area contributed by atoms with E-state index in [4.69, 9.17) is 5.11 Å². The van der Waals surface area contributed by atoms with Gasteiger partial charge < -0.3 is 10.0 Å². The summed E-state index contributed by atoms with van der Waals surface area (Å²) in [6, 6.07) is 0. The number of nitrogens with zero attached hydrogens (tertiary/aromatic N) is 1. The van der Waals surface area contributed by atoms with Crippen LogP contribution in [0.1, 0.15) is 33.1 Å². The molecule has 1 atom stereocenters. The second-order valence-corrected chi connectivity index (χ2v) is 4.38. The van der Waals surface area contributed by atoms with E-state index in [2.05, 4.69) is 17.9 Å². The minimum atomic E-state index is -0.838. The van der Waals surface area contributed by atoms with Crippen LogP contribution in [0.4, 0.5) is 0 Å². The Labute approximate surface area is 97.4 Å². The highest BCUT2D eigenvalue weighted by Gasteiger charge is 2.17. The van der Waals surface area contributed by atoms with Crippen LogP contribution in [0.2, 0.25) is 0 Å². The highest BCUT2D eigenvalue weighted by atomic mass is 16.4. The fraction of sp³-hybridized carbons (Fsp3) is 0.615. The van der Waals surface area contributed by atoms with Gasteiger partial charge in [0.25, 0.3) is 0 Å². The lowest BCUT2D eigenvalue weighted by Gasteiger charge is -2.22. The molecule has 0 aromatic heterocycles. The molecule has 3 heteroatoms. The van der Waals surface area contributed by atoms with Crippen LogP contribution in [-0.2, 0) is 4.79 Å². The van der Waals surface area contributed by atoms with Gasteiger partial charge in [0, 0.05) is 24.9 Å². The molecule has 1 saturated heterocycles. The van der Waals surface area contributed by atoms with Gasteiger partial charge in [-0.1, -0.05) is 19.1 Å². The van der Waals surface area contributed by atoms with Gasteiger partial charge >= 0.3 is 5.97 Å². The van der Waals surface area contributed by atoms with Crippen molar-refractivity contribution in [2.45, 2.75) is 33.1 Å². The Kier molecular flexibility index (Phi) is 5.09. The number of carbonyl (C=O) groups is 1. The van der Waals surface area contributed by atoms with Crippen LogP contribution in [0.15, 0.2) is 23.9 Å². The smallest absolute Gasteiger partial charge is 0.330 e. The first kappa shape index (κ1) is 12.8. The Hall–Kier alpha value is -1.25. The van der Waals surface area contributed by atoms with Crippen molar-refractivity contribution in [3.05, 3.63) is 23.9 Å². The van der Waals surface area contributed by atoms with Crippen molar-refractivity contribution >= 4 is 5.97 Å². The maximum Gasteiger partial charge on any atom is 0.330 e. The van der Waals surface area contributed by atoms with Gasteiger partial charge in [-0.15, -0.1) is 0 Å². The second kappa shape index (κ2) is 6.36. The van der Waals surface area contributed by atoms with E-state index in [1.165, 1.54) is 18.9 Å². The van der Waals surface area contributed by atoms with Gasteiger partial charge in [0.05, 0.1) is 0 Å². The molecular weight excluding hydrogens is 202 g/mol. The topological polar surface area (TPSA) is 40.5 Å². The van der Waals surface area contributed by atoms with Crippen LogP contribution < -0.4 is 0 Å². The second-order valence-electron chi connectivity index (χ2n) is 4.38. The highest BCUT2D eigenvalue weighted by Crippen LogP contribution is 2.21. The van der Waals surface area contributed by atoms with E-state index in [9.17, 15) is 4.79 Å². The third-order valence-corrected chi connectivity index (χ3v) is 2.85. The minimum Gasteiger partial charge on any atom is -0.478 e. The fourth-order valence-electron chi connectivity index (χ4n) is 2.15. The lowest BCUT2D eigenvalue weighted by atomic mass is 10.0. The highest BCUT2D eigenvalue weighted by molar-refractivity contribution is 5.80. The third-order valence-electron chi connectivity index (χ3n) is 2.85. The van der Waals surface area contributed by atoms with E-state index in [1.807, 2.05) is 13.0 Å². The normalized spacial score (nSPS) is 19.4. The molecule has 1 N–H and O–H groups in total. The predicted molar refractivity (Wildman–Crippen MR) is 65.1 cm³/mol. The Morgan fingerprint density at radius 2 is 2.06 bits per heavy atom. The maximum atomic E-state index is 10.8. The van der Waals surface area contributed by atoms with Crippen LogP contribution in [0.25, 0.3) is 0 Å². The fourth-order valence-corrected chi connectivity index (χ4v) is 2.15. The number of aliphatic carboxylic acids is 1. The van der Waals surface area contributed by atoms with Crippen LogP contribution in [0.5, 0.6) is 0 Å². The van der Waals surface area contributed by atoms with Gasteiger partial charge in [-0.3, -0.25) is 0 Å². The first-order valence-corrected chi connectivity index (χ1v) is 5.94. The molecular formula is C13H21NO2. The van der Waals surface area contributed by atoms with E-state index in [1.54, 1.807) is 0 Å². The van der Waals surface area contributed by atoms with Gasteiger partial charge in [-0.05, 0) is 32.1 Å². The molecule has 1 unspecified atom stereocenters. The largest absolute Gasteiger partial charge is 0.478 e. The Bertz CT molecular complexity index is 288. The summed E-state index contributed by atoms with van der Waals surface area (Å²) in [6.07, 6.45) is 8.67. The number of hydrogen-bond donors (Lipinski definition) is 1. The molecule has 1 aliphatic heterocycles. The summed E-state index contributed by atoms with van der Waals surface area (Å²) in [5, 5.41) is 8.87. The summed E-state index contributed by atoms with van der Waals surface area (Å²) in [6.45, 7) is 6.11. The summed E-state index contributed by atoms with van der Waals surface area (Å²) in [5.41, 5.74) is 0.968. The molecule has 0 spiro atoms. The molecule has 16 heavy (non-hydrogen) atoms. The molecule has 0 bridgehead atoms. The zero-order valence-corrected chi connectivity index (χ0v) is 10.1.